The summed E-state index contributed by atoms with van der Waals surface area (Å²) in [5.41, 5.74) is 0.203. The number of anilines is 1. The summed E-state index contributed by atoms with van der Waals surface area (Å²) >= 11 is 14.1. The number of methoxy groups -OCH3 is 1. The van der Waals surface area contributed by atoms with E-state index in [0.29, 0.717) is 15.8 Å². The fraction of sp³-hybridized carbons (Fsp3) is 0.0667. The lowest BCUT2D eigenvalue weighted by Gasteiger charge is -2.11. The van der Waals surface area contributed by atoms with Crippen LogP contribution in [0.15, 0.2) is 40.9 Å². The first-order chi connectivity index (χ1) is 11.8. The smallest absolute Gasteiger partial charge is 0.294 e. The van der Waals surface area contributed by atoms with E-state index < -0.39 is 10.8 Å². The van der Waals surface area contributed by atoms with Crippen molar-refractivity contribution in [2.45, 2.75) is 0 Å². The molecule has 0 fully saturated rings. The number of ether oxygens (including phenoxy) is 1. The largest absolute Gasteiger partial charge is 0.496 e. The van der Waals surface area contributed by atoms with Gasteiger partial charge in [-0.15, -0.1) is 0 Å². The first-order valence-electron chi connectivity index (χ1n) is 6.71. The summed E-state index contributed by atoms with van der Waals surface area (Å²) in [6.45, 7) is 0. The Kier molecular flexibility index (Phi) is 6.29. The molecule has 0 aliphatic carbocycles. The van der Waals surface area contributed by atoms with Gasteiger partial charge < -0.3 is 10.1 Å². The van der Waals surface area contributed by atoms with Gasteiger partial charge in [-0.05, 0) is 58.5 Å². The van der Waals surface area contributed by atoms with E-state index in [2.05, 4.69) is 26.6 Å². The van der Waals surface area contributed by atoms with E-state index in [1.807, 2.05) is 0 Å². The van der Waals surface area contributed by atoms with Gasteiger partial charge in [-0.1, -0.05) is 11.6 Å². The summed E-state index contributed by atoms with van der Waals surface area (Å²) in [6.07, 6.45) is 0. The van der Waals surface area contributed by atoms with E-state index in [4.69, 9.17) is 28.6 Å². The second kappa shape index (κ2) is 8.24. The number of nitrogens with zero attached hydrogens (tertiary/aromatic N) is 1. The summed E-state index contributed by atoms with van der Waals surface area (Å²) in [4.78, 5) is 22.7. The zero-order valence-electron chi connectivity index (χ0n) is 12.7. The van der Waals surface area contributed by atoms with Gasteiger partial charge in [0.05, 0.1) is 16.5 Å². The maximum absolute atomic E-state index is 12.2. The van der Waals surface area contributed by atoms with E-state index in [0.717, 1.165) is 0 Å². The highest BCUT2D eigenvalue weighted by atomic mass is 79.9. The fourth-order valence-corrected chi connectivity index (χ4v) is 2.81. The van der Waals surface area contributed by atoms with Crippen molar-refractivity contribution in [1.82, 2.24) is 5.32 Å². The molecule has 0 bridgehead atoms. The first kappa shape index (κ1) is 19.1. The standard InChI is InChI=1S/C15H11BrClN3O4S/c1-24-13-5-2-8(6-10(13)16)14(21)19-15(25)18-11-4-3-9(17)7-12(11)20(22)23/h2-7H,1H3,(H2,18,19,21,25). The molecule has 130 valence electrons. The third kappa shape index (κ3) is 4.88. The van der Waals surface area contributed by atoms with Crippen molar-refractivity contribution in [3.63, 3.8) is 0 Å². The zero-order chi connectivity index (χ0) is 18.6. The van der Waals surface area contributed by atoms with Crippen molar-refractivity contribution >= 4 is 62.1 Å². The van der Waals surface area contributed by atoms with E-state index in [1.165, 1.54) is 25.3 Å². The summed E-state index contributed by atoms with van der Waals surface area (Å²) < 4.78 is 5.70. The molecule has 2 rings (SSSR count). The van der Waals surface area contributed by atoms with Gasteiger partial charge in [-0.25, -0.2) is 0 Å². The lowest BCUT2D eigenvalue weighted by molar-refractivity contribution is -0.383. The molecule has 0 aliphatic heterocycles. The number of halogens is 2. The molecular weight excluding hydrogens is 434 g/mol. The predicted octanol–water partition coefficient (Wildman–Crippen LogP) is 4.15. The van der Waals surface area contributed by atoms with E-state index in [-0.39, 0.29) is 21.5 Å². The molecule has 0 heterocycles. The second-order valence-electron chi connectivity index (χ2n) is 4.68. The summed E-state index contributed by atoms with van der Waals surface area (Å²) in [5.74, 6) is 0.103. The quantitative estimate of drug-likeness (QED) is 0.418. The maximum Gasteiger partial charge on any atom is 0.294 e. The molecular formula is C15H11BrClN3O4S. The number of benzene rings is 2. The van der Waals surface area contributed by atoms with E-state index in [1.54, 1.807) is 18.2 Å². The van der Waals surface area contributed by atoms with Crippen molar-refractivity contribution in [2.24, 2.45) is 0 Å². The normalized spacial score (nSPS) is 10.0. The topological polar surface area (TPSA) is 93.5 Å². The van der Waals surface area contributed by atoms with Crippen LogP contribution >= 0.6 is 39.7 Å². The summed E-state index contributed by atoms with van der Waals surface area (Å²) in [5, 5.41) is 16.3. The van der Waals surface area contributed by atoms with Crippen molar-refractivity contribution in [2.75, 3.05) is 12.4 Å². The Morgan fingerprint density at radius 2 is 2.04 bits per heavy atom. The highest BCUT2D eigenvalue weighted by Crippen LogP contribution is 2.28. The molecule has 0 aromatic heterocycles. The lowest BCUT2D eigenvalue weighted by Crippen LogP contribution is -2.34. The van der Waals surface area contributed by atoms with Crippen LogP contribution in [-0.4, -0.2) is 23.1 Å². The highest BCUT2D eigenvalue weighted by molar-refractivity contribution is 9.10. The minimum absolute atomic E-state index is 0.0811. The van der Waals surface area contributed by atoms with Crippen molar-refractivity contribution in [3.05, 3.63) is 61.6 Å². The fourth-order valence-electron chi connectivity index (χ4n) is 1.90. The van der Waals surface area contributed by atoms with E-state index in [9.17, 15) is 14.9 Å². The lowest BCUT2D eigenvalue weighted by atomic mass is 10.2. The van der Waals surface area contributed by atoms with Gasteiger partial charge >= 0.3 is 0 Å². The third-order valence-corrected chi connectivity index (χ3v) is 4.10. The molecule has 0 radical (unpaired) electrons. The van der Waals surface area contributed by atoms with Gasteiger partial charge in [0.2, 0.25) is 0 Å². The number of amides is 1. The van der Waals surface area contributed by atoms with Crippen molar-refractivity contribution in [1.29, 1.82) is 0 Å². The van der Waals surface area contributed by atoms with Gasteiger partial charge in [0.1, 0.15) is 11.4 Å². The molecule has 0 saturated heterocycles. The number of carbonyl (C=O) groups is 1. The van der Waals surface area contributed by atoms with Gasteiger partial charge in [0.25, 0.3) is 11.6 Å². The summed E-state index contributed by atoms with van der Waals surface area (Å²) in [7, 11) is 1.51. The van der Waals surface area contributed by atoms with Gasteiger partial charge in [0.15, 0.2) is 5.11 Å². The van der Waals surface area contributed by atoms with Crippen LogP contribution in [0, 0.1) is 10.1 Å². The molecule has 7 nitrogen and oxygen atoms in total. The molecule has 2 aromatic carbocycles. The molecule has 1 amide bonds. The maximum atomic E-state index is 12.2. The van der Waals surface area contributed by atoms with Crippen LogP contribution in [0.5, 0.6) is 5.75 Å². The SMILES string of the molecule is COc1ccc(C(=O)NC(=S)Nc2ccc(Cl)cc2[N+](=O)[O-])cc1Br. The number of hydrogen-bond acceptors (Lipinski definition) is 5. The van der Waals surface area contributed by atoms with Crippen LogP contribution in [0.25, 0.3) is 0 Å². The summed E-state index contributed by atoms with van der Waals surface area (Å²) in [6, 6.07) is 8.83. The van der Waals surface area contributed by atoms with Gasteiger partial charge in [-0.3, -0.25) is 20.2 Å². The van der Waals surface area contributed by atoms with Crippen LogP contribution in [0.4, 0.5) is 11.4 Å². The molecule has 10 heteroatoms. The van der Waals surface area contributed by atoms with Crippen molar-refractivity contribution < 1.29 is 14.5 Å². The van der Waals surface area contributed by atoms with Crippen LogP contribution in [0.2, 0.25) is 5.02 Å². The average molecular weight is 445 g/mol. The van der Waals surface area contributed by atoms with Crippen LogP contribution in [0.3, 0.4) is 0 Å². The minimum Gasteiger partial charge on any atom is -0.496 e. The molecule has 0 saturated carbocycles. The molecule has 0 atom stereocenters. The Bertz CT molecular complexity index is 863. The second-order valence-corrected chi connectivity index (χ2v) is 6.38. The number of nitro benzene ring substituents is 1. The van der Waals surface area contributed by atoms with E-state index >= 15 is 0 Å². The zero-order valence-corrected chi connectivity index (χ0v) is 15.9. The third-order valence-electron chi connectivity index (χ3n) is 3.05. The Morgan fingerprint density at radius 1 is 1.32 bits per heavy atom. The Balaban J connectivity index is 2.11. The highest BCUT2D eigenvalue weighted by Gasteiger charge is 2.17. The number of rotatable bonds is 4. The Labute approximate surface area is 161 Å². The average Bonchev–Trinajstić information content (AvgIpc) is 2.56. The first-order valence-corrected chi connectivity index (χ1v) is 8.29. The minimum atomic E-state index is -0.598. The van der Waals surface area contributed by atoms with Crippen LogP contribution in [-0.2, 0) is 0 Å². The number of nitrogens with one attached hydrogen (secondary N) is 2. The molecule has 2 aromatic rings. The number of nitro groups is 1. The molecule has 2 N–H and O–H groups in total. The molecule has 0 aliphatic rings. The van der Waals surface area contributed by atoms with Gasteiger partial charge in [0, 0.05) is 16.7 Å². The van der Waals surface area contributed by atoms with Crippen LogP contribution in [0.1, 0.15) is 10.4 Å². The number of carbonyl (C=O) groups excluding carboxylic acids is 1. The molecule has 0 unspecified atom stereocenters. The van der Waals surface area contributed by atoms with Crippen molar-refractivity contribution in [3.8, 4) is 5.75 Å². The van der Waals surface area contributed by atoms with Crippen LogP contribution < -0.4 is 15.4 Å². The predicted molar refractivity (Wildman–Crippen MR) is 102 cm³/mol. The Hall–Kier alpha value is -2.23. The van der Waals surface area contributed by atoms with Gasteiger partial charge in [-0.2, -0.15) is 0 Å². The monoisotopic (exact) mass is 443 g/mol. The number of hydrogen-bond donors (Lipinski definition) is 2. The molecule has 25 heavy (non-hydrogen) atoms. The Morgan fingerprint density at radius 3 is 2.64 bits per heavy atom. The molecule has 0 spiro atoms. The number of thiocarbonyl (C=S) groups is 1.